The van der Waals surface area contributed by atoms with Gasteiger partial charge in [-0.1, -0.05) is 23.7 Å². The molecule has 2 aromatic rings. The van der Waals surface area contributed by atoms with E-state index in [0.29, 0.717) is 11.4 Å². The van der Waals surface area contributed by atoms with E-state index in [2.05, 4.69) is 22.6 Å². The van der Waals surface area contributed by atoms with Gasteiger partial charge in [0.1, 0.15) is 5.82 Å². The second kappa shape index (κ2) is 5.99. The van der Waals surface area contributed by atoms with Crippen LogP contribution in [0.15, 0.2) is 42.5 Å². The van der Waals surface area contributed by atoms with Crippen LogP contribution in [0.3, 0.4) is 0 Å². The van der Waals surface area contributed by atoms with E-state index in [4.69, 9.17) is 17.3 Å². The summed E-state index contributed by atoms with van der Waals surface area (Å²) in [6.45, 7) is 0. The van der Waals surface area contributed by atoms with Gasteiger partial charge < -0.3 is 5.73 Å². The molecule has 0 bridgehead atoms. The van der Waals surface area contributed by atoms with E-state index in [9.17, 15) is 4.39 Å². The lowest BCUT2D eigenvalue weighted by molar-refractivity contribution is 0.625. The maximum atomic E-state index is 12.8. The number of hydrogen-bond donors (Lipinski definition) is 1. The van der Waals surface area contributed by atoms with Gasteiger partial charge in [0.05, 0.1) is 0 Å². The molecule has 0 aromatic heterocycles. The third-order valence-electron chi connectivity index (χ3n) is 2.73. The van der Waals surface area contributed by atoms with Crippen LogP contribution in [-0.2, 0) is 6.42 Å². The summed E-state index contributed by atoms with van der Waals surface area (Å²) >= 11 is 8.22. The van der Waals surface area contributed by atoms with Gasteiger partial charge in [-0.3, -0.25) is 0 Å². The summed E-state index contributed by atoms with van der Waals surface area (Å²) in [6.07, 6.45) is 0.663. The quantitative estimate of drug-likeness (QED) is 0.794. The van der Waals surface area contributed by atoms with Crippen LogP contribution in [0, 0.1) is 9.39 Å². The number of nitrogens with two attached hydrogens (primary N) is 1. The molecule has 2 aromatic carbocycles. The zero-order chi connectivity index (χ0) is 13.1. The zero-order valence-corrected chi connectivity index (χ0v) is 12.5. The van der Waals surface area contributed by atoms with Crippen LogP contribution in [0.2, 0.25) is 5.02 Å². The Kier molecular flexibility index (Phi) is 4.59. The maximum absolute atomic E-state index is 12.8. The SMILES string of the molecule is NC(Cc1ccc(F)cc1)c1cc(Cl)ccc1I. The molecule has 4 heteroatoms. The molecule has 2 N–H and O–H groups in total. The summed E-state index contributed by atoms with van der Waals surface area (Å²) in [6, 6.07) is 12.0. The molecular weight excluding hydrogens is 364 g/mol. The lowest BCUT2D eigenvalue weighted by Gasteiger charge is -2.14. The Morgan fingerprint density at radius 1 is 1.17 bits per heavy atom. The molecule has 0 aliphatic rings. The van der Waals surface area contributed by atoms with Gasteiger partial charge in [-0.15, -0.1) is 0 Å². The second-order valence-corrected chi connectivity index (χ2v) is 5.70. The third-order valence-corrected chi connectivity index (χ3v) is 3.94. The first-order chi connectivity index (χ1) is 8.56. The van der Waals surface area contributed by atoms with Crippen molar-refractivity contribution in [1.82, 2.24) is 0 Å². The Morgan fingerprint density at radius 2 is 1.83 bits per heavy atom. The fourth-order valence-electron chi connectivity index (χ4n) is 1.78. The molecule has 1 atom stereocenters. The minimum atomic E-state index is -0.232. The van der Waals surface area contributed by atoms with Crippen molar-refractivity contribution in [3.05, 3.63) is 68.0 Å². The Labute approximate surface area is 124 Å². The lowest BCUT2D eigenvalue weighted by Crippen LogP contribution is -2.14. The summed E-state index contributed by atoms with van der Waals surface area (Å²) in [7, 11) is 0. The molecule has 0 aliphatic heterocycles. The van der Waals surface area contributed by atoms with Gasteiger partial charge in [-0.25, -0.2) is 4.39 Å². The van der Waals surface area contributed by atoms with Crippen LogP contribution < -0.4 is 5.73 Å². The average molecular weight is 376 g/mol. The van der Waals surface area contributed by atoms with Crippen LogP contribution in [0.1, 0.15) is 17.2 Å². The van der Waals surface area contributed by atoms with E-state index < -0.39 is 0 Å². The summed E-state index contributed by atoms with van der Waals surface area (Å²) in [4.78, 5) is 0. The summed E-state index contributed by atoms with van der Waals surface area (Å²) in [5.41, 5.74) is 8.21. The Hall–Kier alpha value is -0.650. The molecule has 0 saturated carbocycles. The largest absolute Gasteiger partial charge is 0.324 e. The van der Waals surface area contributed by atoms with Crippen molar-refractivity contribution in [2.24, 2.45) is 5.73 Å². The lowest BCUT2D eigenvalue weighted by atomic mass is 10.00. The van der Waals surface area contributed by atoms with Crippen molar-refractivity contribution in [2.75, 3.05) is 0 Å². The van der Waals surface area contributed by atoms with Crippen LogP contribution in [0.25, 0.3) is 0 Å². The summed E-state index contributed by atoms with van der Waals surface area (Å²) < 4.78 is 13.9. The third kappa shape index (κ3) is 3.43. The van der Waals surface area contributed by atoms with Crippen molar-refractivity contribution >= 4 is 34.2 Å². The molecule has 0 aliphatic carbocycles. The van der Waals surface area contributed by atoms with Gasteiger partial charge in [-0.05, 0) is 70.5 Å². The smallest absolute Gasteiger partial charge is 0.123 e. The summed E-state index contributed by atoms with van der Waals surface area (Å²) in [5, 5.41) is 0.681. The zero-order valence-electron chi connectivity index (χ0n) is 9.54. The van der Waals surface area contributed by atoms with Gasteiger partial charge in [0.25, 0.3) is 0 Å². The highest BCUT2D eigenvalue weighted by Crippen LogP contribution is 2.25. The second-order valence-electron chi connectivity index (χ2n) is 4.10. The highest BCUT2D eigenvalue weighted by molar-refractivity contribution is 14.1. The Morgan fingerprint density at radius 3 is 2.50 bits per heavy atom. The Balaban J connectivity index is 2.18. The van der Waals surface area contributed by atoms with E-state index in [-0.39, 0.29) is 11.9 Å². The molecule has 0 amide bonds. The van der Waals surface area contributed by atoms with Gasteiger partial charge in [0.2, 0.25) is 0 Å². The first kappa shape index (κ1) is 13.8. The van der Waals surface area contributed by atoms with Crippen LogP contribution in [0.5, 0.6) is 0 Å². The first-order valence-electron chi connectivity index (χ1n) is 5.51. The van der Waals surface area contributed by atoms with Crippen LogP contribution >= 0.6 is 34.2 Å². The van der Waals surface area contributed by atoms with Crippen molar-refractivity contribution in [3.8, 4) is 0 Å². The molecule has 0 radical (unpaired) electrons. The highest BCUT2D eigenvalue weighted by Gasteiger charge is 2.11. The first-order valence-corrected chi connectivity index (χ1v) is 6.97. The van der Waals surface area contributed by atoms with Gasteiger partial charge in [0.15, 0.2) is 0 Å². The molecule has 0 heterocycles. The normalized spacial score (nSPS) is 12.4. The van der Waals surface area contributed by atoms with Gasteiger partial charge >= 0.3 is 0 Å². The fourth-order valence-corrected chi connectivity index (χ4v) is 2.70. The molecule has 0 spiro atoms. The van der Waals surface area contributed by atoms with E-state index in [1.807, 2.05) is 18.2 Å². The molecular formula is C14H12ClFIN. The number of halogens is 3. The average Bonchev–Trinajstić information content (AvgIpc) is 2.35. The van der Waals surface area contributed by atoms with Crippen molar-refractivity contribution in [1.29, 1.82) is 0 Å². The number of benzene rings is 2. The molecule has 0 fully saturated rings. The van der Waals surface area contributed by atoms with Crippen LogP contribution in [-0.4, -0.2) is 0 Å². The van der Waals surface area contributed by atoms with E-state index in [1.54, 1.807) is 12.1 Å². The van der Waals surface area contributed by atoms with E-state index in [0.717, 1.165) is 14.7 Å². The predicted octanol–water partition coefficient (Wildman–Crippen LogP) is 4.33. The highest BCUT2D eigenvalue weighted by atomic mass is 127. The van der Waals surface area contributed by atoms with Crippen molar-refractivity contribution in [3.63, 3.8) is 0 Å². The molecule has 1 unspecified atom stereocenters. The van der Waals surface area contributed by atoms with E-state index >= 15 is 0 Å². The minimum Gasteiger partial charge on any atom is -0.324 e. The molecule has 0 saturated heterocycles. The summed E-state index contributed by atoms with van der Waals surface area (Å²) in [5.74, 6) is -0.232. The van der Waals surface area contributed by atoms with Crippen molar-refractivity contribution in [2.45, 2.75) is 12.5 Å². The molecule has 2 rings (SSSR count). The topological polar surface area (TPSA) is 26.0 Å². The number of hydrogen-bond acceptors (Lipinski definition) is 1. The van der Waals surface area contributed by atoms with Gasteiger partial charge in [-0.2, -0.15) is 0 Å². The monoisotopic (exact) mass is 375 g/mol. The Bertz CT molecular complexity index is 542. The maximum Gasteiger partial charge on any atom is 0.123 e. The van der Waals surface area contributed by atoms with Gasteiger partial charge in [0, 0.05) is 14.6 Å². The van der Waals surface area contributed by atoms with Crippen molar-refractivity contribution < 1.29 is 4.39 Å². The predicted molar refractivity (Wildman–Crippen MR) is 81.2 cm³/mol. The molecule has 18 heavy (non-hydrogen) atoms. The van der Waals surface area contributed by atoms with E-state index in [1.165, 1.54) is 12.1 Å². The fraction of sp³-hybridized carbons (Fsp3) is 0.143. The van der Waals surface area contributed by atoms with Crippen LogP contribution in [0.4, 0.5) is 4.39 Å². The minimum absolute atomic E-state index is 0.138. The number of rotatable bonds is 3. The standard InChI is InChI=1S/C14H12ClFIN/c15-10-3-6-13(17)12(8-10)14(18)7-9-1-4-11(16)5-2-9/h1-6,8,14H,7,18H2. The molecule has 1 nitrogen and oxygen atoms in total. The molecule has 94 valence electrons.